The van der Waals surface area contributed by atoms with Crippen molar-refractivity contribution >= 4 is 34.4 Å². The minimum Gasteiger partial charge on any atom is -0.442 e. The summed E-state index contributed by atoms with van der Waals surface area (Å²) in [7, 11) is -1.00. The van der Waals surface area contributed by atoms with E-state index in [1.54, 1.807) is 42.7 Å². The Labute approximate surface area is 205 Å². The fourth-order valence-electron chi connectivity index (χ4n) is 3.55. The maximum absolute atomic E-state index is 14.9. The predicted octanol–water partition coefficient (Wildman–Crippen LogP) is 1.67. The standard InChI is InChI=1S/C24H29FN4O5S/c1-15(30)27-13-19-14-29(24(32)34-19)18-7-8-20(21(25)11-18)17-5-3-16(4-6-17)12-28-23(31)22(26)9-10-35(2)33/h3-8,11,19,22H,9-10,12-14,26H2,1-2H3,(H,27,30)(H,28,31)/t19-,22-,35?/m0/s1. The van der Waals surface area contributed by atoms with Crippen molar-refractivity contribution in [3.8, 4) is 11.1 Å². The molecule has 11 heteroatoms. The van der Waals surface area contributed by atoms with Crippen molar-refractivity contribution in [2.75, 3.05) is 30.0 Å². The number of halogens is 1. The van der Waals surface area contributed by atoms with Crippen LogP contribution in [0.2, 0.25) is 0 Å². The van der Waals surface area contributed by atoms with Crippen molar-refractivity contribution in [2.45, 2.75) is 32.0 Å². The number of carbonyl (C=O) groups is 3. The summed E-state index contributed by atoms with van der Waals surface area (Å²) in [4.78, 5) is 36.6. The van der Waals surface area contributed by atoms with Gasteiger partial charge < -0.3 is 21.1 Å². The Kier molecular flexibility index (Phi) is 8.94. The Hall–Kier alpha value is -3.31. The van der Waals surface area contributed by atoms with E-state index in [4.69, 9.17) is 10.5 Å². The molecule has 0 aliphatic carbocycles. The van der Waals surface area contributed by atoms with Crippen LogP contribution in [0.3, 0.4) is 0 Å². The number of rotatable bonds is 10. The van der Waals surface area contributed by atoms with Crippen LogP contribution in [-0.2, 0) is 31.7 Å². The number of ether oxygens (including phenoxy) is 1. The molecule has 0 radical (unpaired) electrons. The molecule has 188 valence electrons. The highest BCUT2D eigenvalue weighted by atomic mass is 32.2. The second kappa shape index (κ2) is 11.9. The fraction of sp³-hybridized carbons (Fsp3) is 0.375. The summed E-state index contributed by atoms with van der Waals surface area (Å²) in [6.07, 6.45) is 0.803. The van der Waals surface area contributed by atoms with Gasteiger partial charge in [-0.25, -0.2) is 9.18 Å². The lowest BCUT2D eigenvalue weighted by molar-refractivity contribution is -0.122. The molecule has 1 heterocycles. The SMILES string of the molecule is CC(=O)NC[C@H]1CN(c2ccc(-c3ccc(CNC(=O)[C@@H](N)CCS(C)=O)cc3)c(F)c2)C(=O)O1. The highest BCUT2D eigenvalue weighted by molar-refractivity contribution is 7.84. The van der Waals surface area contributed by atoms with Crippen LogP contribution in [0.5, 0.6) is 0 Å². The second-order valence-electron chi connectivity index (χ2n) is 8.30. The van der Waals surface area contributed by atoms with Crippen LogP contribution in [-0.4, -0.2) is 59.4 Å². The number of carbonyl (C=O) groups excluding carboxylic acids is 3. The fourth-order valence-corrected chi connectivity index (χ4v) is 4.13. The van der Waals surface area contributed by atoms with Gasteiger partial charge in [0.2, 0.25) is 11.8 Å². The van der Waals surface area contributed by atoms with Crippen LogP contribution in [0.25, 0.3) is 11.1 Å². The molecular weight excluding hydrogens is 475 g/mol. The first-order valence-corrected chi connectivity index (χ1v) is 12.8. The summed E-state index contributed by atoms with van der Waals surface area (Å²) in [5.74, 6) is -0.677. The van der Waals surface area contributed by atoms with Crippen molar-refractivity contribution in [3.05, 3.63) is 53.8 Å². The topological polar surface area (TPSA) is 131 Å². The van der Waals surface area contributed by atoms with Crippen molar-refractivity contribution in [1.82, 2.24) is 10.6 Å². The number of nitrogens with two attached hydrogens (primary N) is 1. The van der Waals surface area contributed by atoms with E-state index in [9.17, 15) is 23.0 Å². The van der Waals surface area contributed by atoms with E-state index in [-0.39, 0.29) is 31.4 Å². The van der Waals surface area contributed by atoms with Crippen molar-refractivity contribution in [1.29, 1.82) is 0 Å². The zero-order chi connectivity index (χ0) is 25.5. The van der Waals surface area contributed by atoms with Crippen molar-refractivity contribution in [2.24, 2.45) is 5.73 Å². The van der Waals surface area contributed by atoms with Gasteiger partial charge in [0.25, 0.3) is 0 Å². The predicted molar refractivity (Wildman–Crippen MR) is 132 cm³/mol. The minimum absolute atomic E-state index is 0.191. The van der Waals surface area contributed by atoms with E-state index in [2.05, 4.69) is 10.6 Å². The molecule has 4 N–H and O–H groups in total. The third kappa shape index (κ3) is 7.33. The molecule has 1 unspecified atom stereocenters. The van der Waals surface area contributed by atoms with Crippen LogP contribution in [0.1, 0.15) is 18.9 Å². The highest BCUT2D eigenvalue weighted by Crippen LogP contribution is 2.29. The van der Waals surface area contributed by atoms with Gasteiger partial charge in [0, 0.05) is 41.8 Å². The number of cyclic esters (lactones) is 1. The van der Waals surface area contributed by atoms with Gasteiger partial charge in [0.05, 0.1) is 24.8 Å². The molecule has 3 rings (SSSR count). The molecule has 35 heavy (non-hydrogen) atoms. The molecule has 0 bridgehead atoms. The number of hydrogen-bond donors (Lipinski definition) is 3. The van der Waals surface area contributed by atoms with Gasteiger partial charge in [0.1, 0.15) is 11.9 Å². The molecule has 0 aromatic heterocycles. The van der Waals surface area contributed by atoms with Gasteiger partial charge in [-0.3, -0.25) is 18.7 Å². The number of anilines is 1. The first-order chi connectivity index (χ1) is 16.6. The summed E-state index contributed by atoms with van der Waals surface area (Å²) in [6.45, 7) is 2.04. The van der Waals surface area contributed by atoms with E-state index in [0.29, 0.717) is 29.0 Å². The number of hydrogen-bond acceptors (Lipinski definition) is 6. The first-order valence-electron chi connectivity index (χ1n) is 11.1. The second-order valence-corrected chi connectivity index (χ2v) is 9.86. The average Bonchev–Trinajstić information content (AvgIpc) is 3.20. The first kappa shape index (κ1) is 26.3. The Balaban J connectivity index is 1.60. The van der Waals surface area contributed by atoms with Crippen LogP contribution >= 0.6 is 0 Å². The maximum atomic E-state index is 14.9. The zero-order valence-electron chi connectivity index (χ0n) is 19.6. The Morgan fingerprint density at radius 3 is 2.57 bits per heavy atom. The molecule has 1 saturated heterocycles. The van der Waals surface area contributed by atoms with Gasteiger partial charge in [-0.1, -0.05) is 24.3 Å². The average molecular weight is 505 g/mol. The summed E-state index contributed by atoms with van der Waals surface area (Å²) in [5.41, 5.74) is 7.99. The monoisotopic (exact) mass is 504 g/mol. The molecule has 1 fully saturated rings. The molecule has 2 aromatic carbocycles. The van der Waals surface area contributed by atoms with Crippen LogP contribution in [0, 0.1) is 5.82 Å². The molecule has 3 amide bonds. The number of benzene rings is 2. The minimum atomic E-state index is -1.00. The van der Waals surface area contributed by atoms with Gasteiger partial charge >= 0.3 is 6.09 Å². The molecule has 1 aliphatic heterocycles. The molecule has 1 aliphatic rings. The highest BCUT2D eigenvalue weighted by Gasteiger charge is 2.32. The van der Waals surface area contributed by atoms with Crippen LogP contribution in [0.4, 0.5) is 14.9 Å². The third-order valence-corrected chi connectivity index (χ3v) is 6.31. The van der Waals surface area contributed by atoms with Crippen LogP contribution < -0.4 is 21.3 Å². The van der Waals surface area contributed by atoms with E-state index >= 15 is 0 Å². The van der Waals surface area contributed by atoms with E-state index in [1.165, 1.54) is 17.9 Å². The Morgan fingerprint density at radius 1 is 1.23 bits per heavy atom. The molecule has 9 nitrogen and oxygen atoms in total. The maximum Gasteiger partial charge on any atom is 0.414 e. The molecule has 0 saturated carbocycles. The summed E-state index contributed by atoms with van der Waals surface area (Å²) in [5, 5.41) is 5.34. The quantitative estimate of drug-likeness (QED) is 0.451. The number of nitrogens with zero attached hydrogens (tertiary/aromatic N) is 1. The summed E-state index contributed by atoms with van der Waals surface area (Å²) in [6, 6.07) is 10.8. The summed E-state index contributed by atoms with van der Waals surface area (Å²) >= 11 is 0. The largest absolute Gasteiger partial charge is 0.442 e. The molecular formula is C24H29FN4O5S. The Morgan fingerprint density at radius 2 is 1.94 bits per heavy atom. The zero-order valence-corrected chi connectivity index (χ0v) is 20.4. The van der Waals surface area contributed by atoms with E-state index in [1.807, 2.05) is 0 Å². The third-order valence-electron chi connectivity index (χ3n) is 5.50. The Bertz CT molecular complexity index is 1110. The number of nitrogens with one attached hydrogen (secondary N) is 2. The van der Waals surface area contributed by atoms with Gasteiger partial charge in [-0.2, -0.15) is 0 Å². The lowest BCUT2D eigenvalue weighted by Crippen LogP contribution is -2.41. The molecule has 0 spiro atoms. The van der Waals surface area contributed by atoms with Crippen molar-refractivity contribution < 1.29 is 27.7 Å². The lowest BCUT2D eigenvalue weighted by Gasteiger charge is -2.15. The number of amides is 3. The molecule has 3 atom stereocenters. The van der Waals surface area contributed by atoms with Gasteiger partial charge in [-0.05, 0) is 35.7 Å². The normalized spacial score (nSPS) is 17.0. The van der Waals surface area contributed by atoms with E-state index < -0.39 is 34.9 Å². The summed E-state index contributed by atoms with van der Waals surface area (Å²) < 4.78 is 31.3. The van der Waals surface area contributed by atoms with Crippen LogP contribution in [0.15, 0.2) is 42.5 Å². The van der Waals surface area contributed by atoms with E-state index in [0.717, 1.165) is 5.56 Å². The van der Waals surface area contributed by atoms with Gasteiger partial charge in [-0.15, -0.1) is 0 Å². The smallest absolute Gasteiger partial charge is 0.414 e. The van der Waals surface area contributed by atoms with Crippen molar-refractivity contribution in [3.63, 3.8) is 0 Å². The molecule has 2 aromatic rings. The lowest BCUT2D eigenvalue weighted by atomic mass is 10.0. The van der Waals surface area contributed by atoms with Gasteiger partial charge in [0.15, 0.2) is 0 Å².